The van der Waals surface area contributed by atoms with Gasteiger partial charge in [0, 0.05) is 9.84 Å². The topological polar surface area (TPSA) is 26.3 Å². The largest absolute Gasteiger partial charge is 0.453 e. The fraction of sp³-hybridized carbons (Fsp3) is 0.800. The lowest BCUT2D eigenvalue weighted by Crippen LogP contribution is -2.49. The molecule has 19 heavy (non-hydrogen) atoms. The molecule has 1 aliphatic heterocycles. The normalized spacial score (nSPS) is 50.3. The minimum absolute atomic E-state index is 0.00196. The molecule has 1 saturated heterocycles. The van der Waals surface area contributed by atoms with Gasteiger partial charge in [0.15, 0.2) is 0 Å². The molecule has 0 aromatic heterocycles. The summed E-state index contributed by atoms with van der Waals surface area (Å²) < 4.78 is 6.42. The van der Waals surface area contributed by atoms with Crippen LogP contribution >= 0.6 is 34.2 Å². The number of rotatable bonds is 0. The molecule has 5 atom stereocenters. The van der Waals surface area contributed by atoms with Crippen molar-refractivity contribution in [1.82, 2.24) is 0 Å². The van der Waals surface area contributed by atoms with Crippen LogP contribution in [0.1, 0.15) is 39.0 Å². The van der Waals surface area contributed by atoms with Crippen LogP contribution in [-0.4, -0.2) is 15.5 Å². The maximum Gasteiger partial charge on any atom is 0.310 e. The quantitative estimate of drug-likeness (QED) is 0.353. The van der Waals surface area contributed by atoms with Crippen molar-refractivity contribution >= 4 is 40.2 Å². The summed E-state index contributed by atoms with van der Waals surface area (Å²) >= 11 is 9.14. The Labute approximate surface area is 132 Å². The highest BCUT2D eigenvalue weighted by Crippen LogP contribution is 2.71. The number of ether oxygens (including phenoxy) is 1. The molecule has 3 aliphatic carbocycles. The molecule has 3 fully saturated rings. The third kappa shape index (κ3) is 1.52. The van der Waals surface area contributed by atoms with E-state index < -0.39 is 5.60 Å². The summed E-state index contributed by atoms with van der Waals surface area (Å²) in [5.74, 6) is 0.933. The molecule has 4 rings (SSSR count). The molecule has 1 spiro atoms. The molecule has 0 aromatic rings. The van der Waals surface area contributed by atoms with E-state index in [9.17, 15) is 4.79 Å². The molecule has 0 radical (unpaired) electrons. The average Bonchev–Trinajstić information content (AvgIpc) is 3.07. The van der Waals surface area contributed by atoms with Crippen LogP contribution in [-0.2, 0) is 9.53 Å². The van der Waals surface area contributed by atoms with Crippen LogP contribution in [0.5, 0.6) is 0 Å². The minimum atomic E-state index is -0.538. The first-order valence-electron chi connectivity index (χ1n) is 7.24. The van der Waals surface area contributed by atoms with Crippen LogP contribution in [0.4, 0.5) is 0 Å². The highest BCUT2D eigenvalue weighted by atomic mass is 127. The molecule has 0 N–H and O–H groups in total. The Morgan fingerprint density at radius 2 is 2.16 bits per heavy atom. The molecular formula is C15H18ClIO2. The lowest BCUT2D eigenvalue weighted by molar-refractivity contribution is -0.147. The standard InChI is InChI=1S/C15H18ClIO2/c1-14-11(16)7-9-10(17)4-2-3-8(13(18)19-14)12(14)15(9)5-6-15/h7-10,12H,2-6H2,1H3/t8?,9?,10-,12?,14+/m1/s1. The van der Waals surface area contributed by atoms with Gasteiger partial charge in [0.25, 0.3) is 0 Å². The Morgan fingerprint density at radius 3 is 2.84 bits per heavy atom. The van der Waals surface area contributed by atoms with Gasteiger partial charge in [0.2, 0.25) is 0 Å². The lowest BCUT2D eigenvalue weighted by Gasteiger charge is -2.47. The maximum absolute atomic E-state index is 12.3. The summed E-state index contributed by atoms with van der Waals surface area (Å²) in [4.78, 5) is 12.3. The Bertz CT molecular complexity index is 485. The maximum atomic E-state index is 12.3. The zero-order valence-corrected chi connectivity index (χ0v) is 13.9. The number of hydrogen-bond donors (Lipinski definition) is 0. The van der Waals surface area contributed by atoms with Crippen LogP contribution in [0.2, 0.25) is 0 Å². The molecule has 0 aromatic carbocycles. The van der Waals surface area contributed by atoms with Gasteiger partial charge in [-0.2, -0.15) is 0 Å². The van der Waals surface area contributed by atoms with Crippen LogP contribution < -0.4 is 0 Å². The van der Waals surface area contributed by atoms with E-state index in [2.05, 4.69) is 28.7 Å². The Morgan fingerprint density at radius 1 is 1.42 bits per heavy atom. The third-order valence-electron chi connectivity index (χ3n) is 5.91. The summed E-state index contributed by atoms with van der Waals surface area (Å²) in [5.41, 5.74) is -0.236. The zero-order valence-electron chi connectivity index (χ0n) is 11.0. The van der Waals surface area contributed by atoms with E-state index in [1.807, 2.05) is 6.92 Å². The predicted octanol–water partition coefficient (Wildman–Crippen LogP) is 4.05. The van der Waals surface area contributed by atoms with E-state index >= 15 is 0 Å². The molecule has 2 bridgehead atoms. The second kappa shape index (κ2) is 3.90. The lowest BCUT2D eigenvalue weighted by atomic mass is 9.59. The van der Waals surface area contributed by atoms with Crippen molar-refractivity contribution in [2.45, 2.75) is 48.6 Å². The predicted molar refractivity (Wildman–Crippen MR) is 82.2 cm³/mol. The fourth-order valence-corrected chi connectivity index (χ4v) is 6.62. The first kappa shape index (κ1) is 12.9. The van der Waals surface area contributed by atoms with E-state index in [4.69, 9.17) is 16.3 Å². The van der Waals surface area contributed by atoms with Crippen LogP contribution in [0.15, 0.2) is 11.1 Å². The van der Waals surface area contributed by atoms with Crippen molar-refractivity contribution < 1.29 is 9.53 Å². The second-order valence-corrected chi connectivity index (χ2v) is 8.84. The average molecular weight is 393 g/mol. The molecule has 3 unspecified atom stereocenters. The molecule has 4 aliphatic rings. The number of esters is 1. The van der Waals surface area contributed by atoms with Crippen molar-refractivity contribution in [3.05, 3.63) is 11.1 Å². The van der Waals surface area contributed by atoms with E-state index in [1.54, 1.807) is 0 Å². The minimum Gasteiger partial charge on any atom is -0.453 e. The smallest absolute Gasteiger partial charge is 0.310 e. The Balaban J connectivity index is 1.91. The molecule has 1 heterocycles. The first-order chi connectivity index (χ1) is 8.99. The number of alkyl halides is 1. The Kier molecular flexibility index (Phi) is 2.66. The van der Waals surface area contributed by atoms with Crippen molar-refractivity contribution in [2.75, 3.05) is 0 Å². The monoisotopic (exact) mass is 392 g/mol. The van der Waals surface area contributed by atoms with Crippen molar-refractivity contribution in [3.63, 3.8) is 0 Å². The highest BCUT2D eigenvalue weighted by Gasteiger charge is 2.71. The third-order valence-corrected chi connectivity index (χ3v) is 7.81. The molecular weight excluding hydrogens is 375 g/mol. The Hall–Kier alpha value is 0.230. The zero-order chi connectivity index (χ0) is 13.4. The van der Waals surface area contributed by atoms with E-state index in [-0.39, 0.29) is 11.9 Å². The van der Waals surface area contributed by atoms with Crippen LogP contribution in [0.25, 0.3) is 0 Å². The fourth-order valence-electron chi connectivity index (χ4n) is 4.96. The summed E-state index contributed by atoms with van der Waals surface area (Å²) in [5, 5.41) is 0.777. The van der Waals surface area contributed by atoms with Gasteiger partial charge in [-0.1, -0.05) is 46.7 Å². The van der Waals surface area contributed by atoms with Crippen LogP contribution in [0.3, 0.4) is 0 Å². The van der Waals surface area contributed by atoms with Gasteiger partial charge >= 0.3 is 5.97 Å². The number of halogens is 2. The van der Waals surface area contributed by atoms with Gasteiger partial charge < -0.3 is 4.74 Å². The number of hydrogen-bond acceptors (Lipinski definition) is 2. The van der Waals surface area contributed by atoms with E-state index in [0.29, 0.717) is 21.2 Å². The van der Waals surface area contributed by atoms with Gasteiger partial charge in [0.05, 0.1) is 11.0 Å². The number of carbonyl (C=O) groups excluding carboxylic acids is 1. The van der Waals surface area contributed by atoms with E-state index in [1.165, 1.54) is 19.3 Å². The summed E-state index contributed by atoms with van der Waals surface area (Å²) in [6.07, 6.45) is 8.02. The number of allylic oxidation sites excluding steroid dienone is 1. The van der Waals surface area contributed by atoms with Crippen molar-refractivity contribution in [3.8, 4) is 0 Å². The van der Waals surface area contributed by atoms with Gasteiger partial charge in [-0.15, -0.1) is 0 Å². The SMILES string of the molecule is C[C@]12OC(=O)C3CCC[C@@H](I)C(C=C1Cl)C1(CC1)C32. The van der Waals surface area contributed by atoms with Crippen molar-refractivity contribution in [1.29, 1.82) is 0 Å². The molecule has 2 nitrogen and oxygen atoms in total. The van der Waals surface area contributed by atoms with Gasteiger partial charge in [-0.3, -0.25) is 4.79 Å². The first-order valence-corrected chi connectivity index (χ1v) is 8.86. The van der Waals surface area contributed by atoms with E-state index in [0.717, 1.165) is 17.9 Å². The molecule has 2 saturated carbocycles. The molecule has 0 amide bonds. The number of carbonyl (C=O) groups is 1. The highest BCUT2D eigenvalue weighted by molar-refractivity contribution is 14.1. The molecule has 4 heteroatoms. The van der Waals surface area contributed by atoms with Crippen molar-refractivity contribution in [2.24, 2.45) is 23.2 Å². The van der Waals surface area contributed by atoms with Gasteiger partial charge in [-0.05, 0) is 43.9 Å². The molecule has 104 valence electrons. The second-order valence-electron chi connectivity index (χ2n) is 6.83. The summed E-state index contributed by atoms with van der Waals surface area (Å²) in [7, 11) is 0. The summed E-state index contributed by atoms with van der Waals surface area (Å²) in [6.45, 7) is 2.04. The van der Waals surface area contributed by atoms with Gasteiger partial charge in [0.1, 0.15) is 5.60 Å². The van der Waals surface area contributed by atoms with Gasteiger partial charge in [-0.25, -0.2) is 0 Å². The van der Waals surface area contributed by atoms with Crippen LogP contribution in [0, 0.1) is 23.2 Å². The summed E-state index contributed by atoms with van der Waals surface area (Å²) in [6, 6.07) is 0.